The third-order valence-corrected chi connectivity index (χ3v) is 2.58. The van der Waals surface area contributed by atoms with Crippen molar-refractivity contribution in [3.05, 3.63) is 35.4 Å². The minimum absolute atomic E-state index is 0.616. The molecule has 0 heterocycles. The van der Waals surface area contributed by atoms with Gasteiger partial charge in [-0.15, -0.1) is 0 Å². The van der Waals surface area contributed by atoms with E-state index < -0.39 is 38.7 Å². The van der Waals surface area contributed by atoms with Crippen LogP contribution in [0.1, 0.15) is 20.7 Å². The van der Waals surface area contributed by atoms with E-state index in [1.807, 2.05) is 0 Å². The van der Waals surface area contributed by atoms with Crippen molar-refractivity contribution in [1.29, 1.82) is 0 Å². The molecule has 4 N–H and O–H groups in total. The number of phosphoric acid groups is 2. The van der Waals surface area contributed by atoms with Crippen molar-refractivity contribution in [2.75, 3.05) is 0 Å². The monoisotopic (exact) mass is 326 g/mol. The average molecular weight is 326 g/mol. The van der Waals surface area contributed by atoms with Gasteiger partial charge in [0.05, 0.1) is 11.1 Å². The van der Waals surface area contributed by atoms with Crippen molar-refractivity contribution >= 4 is 27.6 Å². The fraction of sp³-hybridized carbons (Fsp3) is 0. The number of hydrogen-bond acceptors (Lipinski definition) is 6. The lowest BCUT2D eigenvalue weighted by Crippen LogP contribution is -2.12. The molecule has 12 heteroatoms. The highest BCUT2D eigenvalue weighted by molar-refractivity contribution is 7.47. The van der Waals surface area contributed by atoms with Crippen LogP contribution in [0.3, 0.4) is 0 Å². The molecule has 0 saturated heterocycles. The zero-order valence-corrected chi connectivity index (χ0v) is 11.2. The molecule has 0 spiro atoms. The van der Waals surface area contributed by atoms with E-state index in [9.17, 15) is 18.7 Å². The van der Waals surface area contributed by atoms with Gasteiger partial charge in [0.2, 0.25) is 0 Å². The average Bonchev–Trinajstić information content (AvgIpc) is 2.24. The normalized spacial score (nSPS) is 11.8. The Morgan fingerprint density at radius 1 is 0.800 bits per heavy atom. The maximum atomic E-state index is 11.4. The molecule has 0 radical (unpaired) electrons. The lowest BCUT2D eigenvalue weighted by Gasteiger charge is -2.10. The van der Waals surface area contributed by atoms with E-state index in [0.717, 1.165) is 12.1 Å². The summed E-state index contributed by atoms with van der Waals surface area (Å²) in [6.07, 6.45) is 0. The van der Waals surface area contributed by atoms with Gasteiger partial charge in [0, 0.05) is 0 Å². The van der Waals surface area contributed by atoms with E-state index in [-0.39, 0.29) is 0 Å². The van der Waals surface area contributed by atoms with Crippen LogP contribution in [0.2, 0.25) is 0 Å². The van der Waals surface area contributed by atoms with Crippen molar-refractivity contribution in [3.8, 4) is 0 Å². The number of carbonyl (C=O) groups excluding carboxylic acids is 2. The molecule has 110 valence electrons. The van der Waals surface area contributed by atoms with Gasteiger partial charge < -0.3 is 9.05 Å². The standard InChI is InChI=1S/C8H8O10P2/c9-7(17-19(11,12)13)5-3-1-2-4-6(5)8(10)18-20(14,15)16/h1-4H,(H2,11,12,13)(H2,14,15,16). The van der Waals surface area contributed by atoms with Crippen molar-refractivity contribution in [2.24, 2.45) is 0 Å². The van der Waals surface area contributed by atoms with Crippen LogP contribution < -0.4 is 0 Å². The van der Waals surface area contributed by atoms with Gasteiger partial charge in [-0.3, -0.25) is 19.6 Å². The molecule has 20 heavy (non-hydrogen) atoms. The molecule has 0 aliphatic rings. The predicted octanol–water partition coefficient (Wildman–Crippen LogP) is 0.186. The largest absolute Gasteiger partial charge is 0.527 e. The number of rotatable bonds is 4. The van der Waals surface area contributed by atoms with Gasteiger partial charge in [-0.1, -0.05) is 12.1 Å². The summed E-state index contributed by atoms with van der Waals surface area (Å²) in [6.45, 7) is 0. The highest BCUT2D eigenvalue weighted by Gasteiger charge is 2.28. The Balaban J connectivity index is 3.11. The molecular formula is C8H8O10P2. The van der Waals surface area contributed by atoms with Crippen LogP contribution in [0.25, 0.3) is 0 Å². The molecule has 0 aromatic heterocycles. The molecule has 0 fully saturated rings. The molecule has 0 aliphatic heterocycles. The van der Waals surface area contributed by atoms with Crippen molar-refractivity contribution in [2.45, 2.75) is 0 Å². The molecule has 0 aliphatic carbocycles. The number of benzene rings is 1. The zero-order valence-electron chi connectivity index (χ0n) is 9.44. The van der Waals surface area contributed by atoms with Crippen LogP contribution in [0.15, 0.2) is 24.3 Å². The van der Waals surface area contributed by atoms with Gasteiger partial charge in [0.25, 0.3) is 0 Å². The molecule has 0 amide bonds. The van der Waals surface area contributed by atoms with E-state index in [4.69, 9.17) is 19.6 Å². The van der Waals surface area contributed by atoms with E-state index in [0.29, 0.717) is 0 Å². The summed E-state index contributed by atoms with van der Waals surface area (Å²) in [4.78, 5) is 56.8. The molecule has 0 saturated carbocycles. The van der Waals surface area contributed by atoms with Gasteiger partial charge in [-0.25, -0.2) is 18.7 Å². The lowest BCUT2D eigenvalue weighted by molar-refractivity contribution is 0.0628. The molecule has 1 aromatic rings. The minimum atomic E-state index is -5.13. The molecule has 1 rings (SSSR count). The summed E-state index contributed by atoms with van der Waals surface area (Å²) in [5.41, 5.74) is -1.23. The van der Waals surface area contributed by atoms with Crippen LogP contribution >= 0.6 is 15.6 Å². The quantitative estimate of drug-likeness (QED) is 0.560. The van der Waals surface area contributed by atoms with Gasteiger partial charge >= 0.3 is 27.6 Å². The predicted molar refractivity (Wildman–Crippen MR) is 61.4 cm³/mol. The molecule has 0 unspecified atom stereocenters. The fourth-order valence-electron chi connectivity index (χ4n) is 1.15. The number of hydrogen-bond donors (Lipinski definition) is 4. The van der Waals surface area contributed by atoms with Crippen molar-refractivity contribution < 1.29 is 47.3 Å². The molecule has 0 bridgehead atoms. The van der Waals surface area contributed by atoms with Crippen molar-refractivity contribution in [1.82, 2.24) is 0 Å². The smallest absolute Gasteiger partial charge is 0.367 e. The minimum Gasteiger partial charge on any atom is -0.367 e. The van der Waals surface area contributed by atoms with Gasteiger partial charge in [-0.2, -0.15) is 0 Å². The Labute approximate surface area is 111 Å². The molecule has 10 nitrogen and oxygen atoms in total. The maximum absolute atomic E-state index is 11.4. The van der Waals surface area contributed by atoms with Crippen LogP contribution in [0, 0.1) is 0 Å². The number of phosphoric ester groups is 2. The first kappa shape index (κ1) is 16.5. The Hall–Kier alpha value is -1.54. The third-order valence-electron chi connectivity index (χ3n) is 1.77. The van der Waals surface area contributed by atoms with Crippen LogP contribution in [0.5, 0.6) is 0 Å². The Bertz CT molecular complexity index is 571. The highest BCUT2D eigenvalue weighted by Crippen LogP contribution is 2.39. The summed E-state index contributed by atoms with van der Waals surface area (Å²) >= 11 is 0. The summed E-state index contributed by atoms with van der Waals surface area (Å²) in [5.74, 6) is -3.09. The second-order valence-corrected chi connectivity index (χ2v) is 5.61. The Morgan fingerprint density at radius 3 is 1.35 bits per heavy atom. The SMILES string of the molecule is O=C(OP(=O)(O)O)c1ccccc1C(=O)OP(=O)(O)O. The molecule has 0 atom stereocenters. The van der Waals surface area contributed by atoms with Gasteiger partial charge in [0.1, 0.15) is 0 Å². The number of carbonyl (C=O) groups is 2. The second kappa shape index (κ2) is 5.84. The summed E-state index contributed by atoms with van der Waals surface area (Å²) < 4.78 is 28.6. The zero-order chi connectivity index (χ0) is 15.6. The summed E-state index contributed by atoms with van der Waals surface area (Å²) in [7, 11) is -10.3. The highest BCUT2D eigenvalue weighted by atomic mass is 31.2. The van der Waals surface area contributed by atoms with Crippen LogP contribution in [-0.2, 0) is 18.2 Å². The molecular weight excluding hydrogens is 318 g/mol. The lowest BCUT2D eigenvalue weighted by atomic mass is 10.1. The van der Waals surface area contributed by atoms with E-state index in [1.165, 1.54) is 12.1 Å². The van der Waals surface area contributed by atoms with E-state index in [2.05, 4.69) is 9.05 Å². The summed E-state index contributed by atoms with van der Waals surface area (Å²) in [6, 6.07) is 4.41. The van der Waals surface area contributed by atoms with Crippen molar-refractivity contribution in [3.63, 3.8) is 0 Å². The second-order valence-electron chi connectivity index (χ2n) is 3.28. The summed E-state index contributed by atoms with van der Waals surface area (Å²) in [5, 5.41) is 0. The first-order valence-electron chi connectivity index (χ1n) is 4.67. The maximum Gasteiger partial charge on any atom is 0.527 e. The van der Waals surface area contributed by atoms with E-state index in [1.54, 1.807) is 0 Å². The van der Waals surface area contributed by atoms with Crippen LogP contribution in [-0.4, -0.2) is 31.5 Å². The fourth-order valence-corrected chi connectivity index (χ4v) is 1.78. The Kier molecular flexibility index (Phi) is 4.82. The molecule has 1 aromatic carbocycles. The Morgan fingerprint density at radius 2 is 1.10 bits per heavy atom. The van der Waals surface area contributed by atoms with Gasteiger partial charge in [0.15, 0.2) is 0 Å². The van der Waals surface area contributed by atoms with E-state index >= 15 is 0 Å². The topological polar surface area (TPSA) is 168 Å². The first-order valence-corrected chi connectivity index (χ1v) is 7.73. The first-order chi connectivity index (χ1) is 8.99. The van der Waals surface area contributed by atoms with Crippen LogP contribution in [0.4, 0.5) is 0 Å². The third kappa shape index (κ3) is 5.22. The van der Waals surface area contributed by atoms with Gasteiger partial charge in [-0.05, 0) is 12.1 Å².